The van der Waals surface area contributed by atoms with Gasteiger partial charge in [0.2, 0.25) is 0 Å². The lowest BCUT2D eigenvalue weighted by Crippen LogP contribution is -2.41. The number of amides is 1. The largest absolute Gasteiger partial charge is 0.444 e. The van der Waals surface area contributed by atoms with Crippen LogP contribution < -0.4 is 11.1 Å². The molecule has 0 aromatic carbocycles. The van der Waals surface area contributed by atoms with E-state index < -0.39 is 6.09 Å². The van der Waals surface area contributed by atoms with E-state index in [1.54, 1.807) is 0 Å². The molecule has 2 aliphatic heterocycles. The van der Waals surface area contributed by atoms with E-state index >= 15 is 0 Å². The number of rotatable bonds is 1. The van der Waals surface area contributed by atoms with Crippen molar-refractivity contribution >= 4 is 6.09 Å². The lowest BCUT2D eigenvalue weighted by atomic mass is 9.89. The maximum atomic E-state index is 10.6. The Kier molecular flexibility index (Phi) is 2.60. The highest BCUT2D eigenvalue weighted by atomic mass is 16.6. The average Bonchev–Trinajstić information content (AvgIpc) is 2.49. The van der Waals surface area contributed by atoms with E-state index in [0.29, 0.717) is 6.61 Å². The van der Waals surface area contributed by atoms with Crippen molar-refractivity contribution in [3.63, 3.8) is 0 Å². The molecule has 1 spiro atoms. The number of nitrogens with two attached hydrogens (primary N) is 1. The number of piperidine rings is 1. The second-order valence-corrected chi connectivity index (χ2v) is 4.01. The first-order chi connectivity index (χ1) is 6.70. The summed E-state index contributed by atoms with van der Waals surface area (Å²) in [7, 11) is 0. The highest BCUT2D eigenvalue weighted by molar-refractivity contribution is 5.64. The lowest BCUT2D eigenvalue weighted by Gasteiger charge is -2.32. The average molecular weight is 200 g/mol. The van der Waals surface area contributed by atoms with Gasteiger partial charge in [0.25, 0.3) is 0 Å². The molecule has 0 radical (unpaired) electrons. The summed E-state index contributed by atoms with van der Waals surface area (Å²) in [5.74, 6) is 0. The van der Waals surface area contributed by atoms with Crippen LogP contribution in [0.15, 0.2) is 0 Å². The molecule has 1 amide bonds. The van der Waals surface area contributed by atoms with Gasteiger partial charge in [-0.05, 0) is 25.9 Å². The summed E-state index contributed by atoms with van der Waals surface area (Å²) in [6.07, 6.45) is 1.92. The number of carbonyl (C=O) groups excluding carboxylic acids is 1. The van der Waals surface area contributed by atoms with Crippen LogP contribution in [0, 0.1) is 0 Å². The van der Waals surface area contributed by atoms with Gasteiger partial charge in [0.05, 0.1) is 12.2 Å². The first-order valence-corrected chi connectivity index (χ1v) is 5.01. The number of nitrogens with one attached hydrogen (secondary N) is 1. The van der Waals surface area contributed by atoms with E-state index in [1.807, 2.05) is 0 Å². The van der Waals surface area contributed by atoms with E-state index in [-0.39, 0.29) is 11.7 Å². The zero-order valence-electron chi connectivity index (χ0n) is 8.12. The molecule has 80 valence electrons. The van der Waals surface area contributed by atoms with Gasteiger partial charge in [-0.15, -0.1) is 0 Å². The molecule has 0 bridgehead atoms. The Morgan fingerprint density at radius 1 is 1.50 bits per heavy atom. The Balaban J connectivity index is 1.89. The van der Waals surface area contributed by atoms with Crippen LogP contribution in [-0.4, -0.2) is 37.5 Å². The fourth-order valence-electron chi connectivity index (χ4n) is 2.27. The van der Waals surface area contributed by atoms with Gasteiger partial charge in [-0.2, -0.15) is 0 Å². The third-order valence-electron chi connectivity index (χ3n) is 2.97. The predicted molar refractivity (Wildman–Crippen MR) is 49.9 cm³/mol. The Morgan fingerprint density at radius 2 is 2.21 bits per heavy atom. The summed E-state index contributed by atoms with van der Waals surface area (Å²) in [5, 5.41) is 3.28. The molecule has 0 aromatic heterocycles. The monoisotopic (exact) mass is 200 g/mol. The Hall–Kier alpha value is -0.810. The van der Waals surface area contributed by atoms with Gasteiger partial charge < -0.3 is 20.5 Å². The van der Waals surface area contributed by atoms with E-state index in [0.717, 1.165) is 32.4 Å². The number of ether oxygens (including phenoxy) is 2. The maximum absolute atomic E-state index is 10.6. The van der Waals surface area contributed by atoms with Gasteiger partial charge >= 0.3 is 6.09 Å². The summed E-state index contributed by atoms with van der Waals surface area (Å²) in [6.45, 7) is 2.44. The SMILES string of the molecule is NC(=O)OC1COC2(CCNCC2)C1. The summed E-state index contributed by atoms with van der Waals surface area (Å²) in [4.78, 5) is 10.6. The van der Waals surface area contributed by atoms with Crippen LogP contribution in [0.2, 0.25) is 0 Å². The third kappa shape index (κ3) is 1.99. The molecule has 5 nitrogen and oxygen atoms in total. The van der Waals surface area contributed by atoms with Gasteiger partial charge in [0.15, 0.2) is 0 Å². The van der Waals surface area contributed by atoms with E-state index in [9.17, 15) is 4.79 Å². The van der Waals surface area contributed by atoms with Gasteiger partial charge in [0.1, 0.15) is 6.10 Å². The van der Waals surface area contributed by atoms with E-state index in [1.165, 1.54) is 0 Å². The minimum Gasteiger partial charge on any atom is -0.444 e. The smallest absolute Gasteiger partial charge is 0.404 e. The molecular weight excluding hydrogens is 184 g/mol. The standard InChI is InChI=1S/C9H16N2O3/c10-8(12)14-7-5-9(13-6-7)1-3-11-4-2-9/h7,11H,1-6H2,(H2,10,12). The van der Waals surface area contributed by atoms with Crippen molar-refractivity contribution in [1.29, 1.82) is 0 Å². The van der Waals surface area contributed by atoms with Crippen molar-refractivity contribution in [1.82, 2.24) is 5.32 Å². The van der Waals surface area contributed by atoms with Crippen LogP contribution in [0.1, 0.15) is 19.3 Å². The second-order valence-electron chi connectivity index (χ2n) is 4.01. The van der Waals surface area contributed by atoms with Gasteiger partial charge in [-0.3, -0.25) is 0 Å². The van der Waals surface area contributed by atoms with E-state index in [2.05, 4.69) is 5.32 Å². The highest BCUT2D eigenvalue weighted by Gasteiger charge is 2.42. The number of hydrogen-bond donors (Lipinski definition) is 2. The molecule has 2 heterocycles. The molecule has 0 aliphatic carbocycles. The quantitative estimate of drug-likeness (QED) is 0.624. The molecule has 3 N–H and O–H groups in total. The van der Waals surface area contributed by atoms with Crippen molar-refractivity contribution < 1.29 is 14.3 Å². The Morgan fingerprint density at radius 3 is 2.86 bits per heavy atom. The molecule has 1 atom stereocenters. The predicted octanol–water partition coefficient (Wildman–Crippen LogP) is -0.00720. The number of carbonyl (C=O) groups is 1. The molecule has 2 aliphatic rings. The number of hydrogen-bond acceptors (Lipinski definition) is 4. The third-order valence-corrected chi connectivity index (χ3v) is 2.97. The molecule has 2 rings (SSSR count). The zero-order valence-corrected chi connectivity index (χ0v) is 8.12. The summed E-state index contributed by atoms with van der Waals surface area (Å²) in [6, 6.07) is 0. The van der Waals surface area contributed by atoms with Crippen molar-refractivity contribution in [2.24, 2.45) is 5.73 Å². The van der Waals surface area contributed by atoms with Gasteiger partial charge in [0, 0.05) is 6.42 Å². The Bertz CT molecular complexity index is 226. The van der Waals surface area contributed by atoms with Crippen LogP contribution in [0.5, 0.6) is 0 Å². The minimum absolute atomic E-state index is 0.0641. The molecule has 5 heteroatoms. The molecule has 2 fully saturated rings. The molecular formula is C9H16N2O3. The summed E-state index contributed by atoms with van der Waals surface area (Å²) >= 11 is 0. The van der Waals surface area contributed by atoms with Crippen LogP contribution in [-0.2, 0) is 9.47 Å². The van der Waals surface area contributed by atoms with Crippen LogP contribution in [0.25, 0.3) is 0 Å². The Labute approximate surface area is 82.9 Å². The molecule has 0 aromatic rings. The first kappa shape index (κ1) is 9.73. The fourth-order valence-corrected chi connectivity index (χ4v) is 2.27. The number of primary amides is 1. The normalized spacial score (nSPS) is 30.4. The molecule has 0 saturated carbocycles. The van der Waals surface area contributed by atoms with Crippen molar-refractivity contribution in [3.8, 4) is 0 Å². The topological polar surface area (TPSA) is 73.6 Å². The second kappa shape index (κ2) is 3.74. The summed E-state index contributed by atoms with van der Waals surface area (Å²) in [5.41, 5.74) is 4.90. The van der Waals surface area contributed by atoms with Crippen LogP contribution in [0.4, 0.5) is 4.79 Å². The van der Waals surface area contributed by atoms with E-state index in [4.69, 9.17) is 15.2 Å². The van der Waals surface area contributed by atoms with Crippen molar-refractivity contribution in [2.45, 2.75) is 31.0 Å². The molecule has 2 saturated heterocycles. The van der Waals surface area contributed by atoms with Crippen LogP contribution in [0.3, 0.4) is 0 Å². The highest BCUT2D eigenvalue weighted by Crippen LogP contribution is 2.34. The summed E-state index contributed by atoms with van der Waals surface area (Å²) < 4.78 is 10.7. The van der Waals surface area contributed by atoms with Gasteiger partial charge in [-0.25, -0.2) is 4.79 Å². The van der Waals surface area contributed by atoms with Crippen LogP contribution >= 0.6 is 0 Å². The fraction of sp³-hybridized carbons (Fsp3) is 0.889. The zero-order chi connectivity index (χ0) is 10.0. The van der Waals surface area contributed by atoms with Crippen molar-refractivity contribution in [3.05, 3.63) is 0 Å². The van der Waals surface area contributed by atoms with Crippen molar-refractivity contribution in [2.75, 3.05) is 19.7 Å². The van der Waals surface area contributed by atoms with Gasteiger partial charge in [-0.1, -0.05) is 0 Å². The molecule has 1 unspecified atom stereocenters. The first-order valence-electron chi connectivity index (χ1n) is 5.01. The lowest BCUT2D eigenvalue weighted by molar-refractivity contribution is -0.0211. The maximum Gasteiger partial charge on any atom is 0.404 e. The minimum atomic E-state index is -0.704. The molecule has 14 heavy (non-hydrogen) atoms.